The molecular weight excluding hydrogens is 565 g/mol. The van der Waals surface area contributed by atoms with E-state index in [-0.39, 0.29) is 16.1 Å². The number of rotatable bonds is 8. The second-order valence-corrected chi connectivity index (χ2v) is 10.8. The lowest BCUT2D eigenvalue weighted by molar-refractivity contribution is 0.0624. The molecule has 1 aliphatic heterocycles. The first-order valence-corrected chi connectivity index (χ1v) is 13.9. The minimum atomic E-state index is -1.07. The Balaban J connectivity index is 1.42. The van der Waals surface area contributed by atoms with Crippen LogP contribution < -0.4 is 26.3 Å². The van der Waals surface area contributed by atoms with E-state index in [2.05, 4.69) is 32.2 Å². The number of hydrogen-bond donors (Lipinski definition) is 3. The summed E-state index contributed by atoms with van der Waals surface area (Å²) < 4.78 is 17.0. The van der Waals surface area contributed by atoms with Crippen molar-refractivity contribution in [2.24, 2.45) is 11.5 Å². The number of likely N-dealkylation sites (tertiary alicyclic amines) is 1. The molecule has 3 aromatic rings. The van der Waals surface area contributed by atoms with Crippen molar-refractivity contribution in [3.63, 3.8) is 0 Å². The number of nitrogens with one attached hydrogen (secondary N) is 1. The summed E-state index contributed by atoms with van der Waals surface area (Å²) in [6.45, 7) is 2.01. The Morgan fingerprint density at radius 1 is 1.05 bits per heavy atom. The van der Waals surface area contributed by atoms with Crippen molar-refractivity contribution >= 4 is 34.7 Å². The molecule has 2 unspecified atom stereocenters. The fraction of sp³-hybridized carbons (Fsp3) is 0.345. The summed E-state index contributed by atoms with van der Waals surface area (Å²) in [6, 6.07) is 6.53. The largest absolute Gasteiger partial charge is 0.495 e. The van der Waals surface area contributed by atoms with Crippen LogP contribution in [0.25, 0.3) is 11.3 Å². The molecule has 1 aromatic carbocycles. The monoisotopic (exact) mass is 597 g/mol. The standard InChI is InChI=1S/C29H33Cl2N7O3/c1-38-11-7-17(8-12-38)41-18-6-9-29(33,23(32)13-18)24-14-20(35-16-36-24)19-5-4-10-34-28(19)37-27-25(30)21(39-2)15-22(40-3)26(27)31/h4-6,9-10,13-17,23H,7-8,11-12,32-33H2,1-3H3,(H,34,37). The second kappa shape index (κ2) is 12.2. The van der Waals surface area contributed by atoms with E-state index in [0.29, 0.717) is 40.0 Å². The van der Waals surface area contributed by atoms with Crippen molar-refractivity contribution in [2.75, 3.05) is 39.7 Å². The third-order valence-electron chi connectivity index (χ3n) is 7.40. The summed E-state index contributed by atoms with van der Waals surface area (Å²) in [7, 11) is 5.15. The van der Waals surface area contributed by atoms with Crippen LogP contribution in [0.15, 0.2) is 60.8 Å². The zero-order chi connectivity index (χ0) is 29.1. The average Bonchev–Trinajstić information content (AvgIpc) is 2.99. The number of nitrogens with two attached hydrogens (primary N) is 2. The third kappa shape index (κ3) is 5.98. The van der Waals surface area contributed by atoms with Gasteiger partial charge in [-0.25, -0.2) is 15.0 Å². The van der Waals surface area contributed by atoms with E-state index in [0.717, 1.165) is 31.7 Å². The van der Waals surface area contributed by atoms with Crippen molar-refractivity contribution in [3.8, 4) is 22.8 Å². The zero-order valence-electron chi connectivity index (χ0n) is 23.1. The van der Waals surface area contributed by atoms with E-state index in [1.165, 1.54) is 20.5 Å². The molecule has 3 heterocycles. The van der Waals surface area contributed by atoms with E-state index in [1.807, 2.05) is 24.3 Å². The van der Waals surface area contributed by atoms with Gasteiger partial charge in [-0.3, -0.25) is 0 Å². The molecule has 1 fully saturated rings. The van der Waals surface area contributed by atoms with Crippen molar-refractivity contribution < 1.29 is 14.2 Å². The van der Waals surface area contributed by atoms with Crippen LogP contribution in [0.1, 0.15) is 18.5 Å². The second-order valence-electron chi connectivity index (χ2n) is 10.1. The predicted molar refractivity (Wildman–Crippen MR) is 161 cm³/mol. The summed E-state index contributed by atoms with van der Waals surface area (Å²) in [4.78, 5) is 15.8. The van der Waals surface area contributed by atoms with E-state index >= 15 is 0 Å². The number of benzene rings is 1. The number of allylic oxidation sites excluding steroid dienone is 1. The quantitative estimate of drug-likeness (QED) is 0.337. The Morgan fingerprint density at radius 2 is 1.76 bits per heavy atom. The maximum atomic E-state index is 6.85. The van der Waals surface area contributed by atoms with E-state index in [4.69, 9.17) is 48.9 Å². The number of piperidine rings is 1. The van der Waals surface area contributed by atoms with Crippen molar-refractivity contribution in [1.82, 2.24) is 19.9 Å². The van der Waals surface area contributed by atoms with Gasteiger partial charge in [0.05, 0.1) is 42.9 Å². The number of methoxy groups -OCH3 is 2. The fourth-order valence-corrected chi connectivity index (χ4v) is 5.49. The fourth-order valence-electron chi connectivity index (χ4n) is 4.90. The summed E-state index contributed by atoms with van der Waals surface area (Å²) >= 11 is 13.2. The van der Waals surface area contributed by atoms with Gasteiger partial charge in [0.15, 0.2) is 0 Å². The summed E-state index contributed by atoms with van der Waals surface area (Å²) in [5.74, 6) is 1.98. The first-order chi connectivity index (χ1) is 19.7. The molecule has 2 aliphatic rings. The van der Waals surface area contributed by atoms with Gasteiger partial charge in [0.25, 0.3) is 0 Å². The van der Waals surface area contributed by atoms with Crippen molar-refractivity contribution in [2.45, 2.75) is 30.5 Å². The van der Waals surface area contributed by atoms with Gasteiger partial charge in [-0.05, 0) is 50.2 Å². The van der Waals surface area contributed by atoms with Crippen LogP contribution in [0.4, 0.5) is 11.5 Å². The molecule has 0 spiro atoms. The van der Waals surface area contributed by atoms with Crippen LogP contribution in [0, 0.1) is 0 Å². The number of pyridine rings is 1. The SMILES string of the molecule is COc1cc(OC)c(Cl)c(Nc2ncccc2-c2cc(C3(N)C=CC(OC4CCN(C)CC4)=CC3N)ncn2)c1Cl. The minimum Gasteiger partial charge on any atom is -0.495 e. The highest BCUT2D eigenvalue weighted by Gasteiger charge is 2.36. The van der Waals surface area contributed by atoms with Crippen molar-refractivity contribution in [3.05, 3.63) is 76.5 Å². The molecular formula is C29H33Cl2N7O3. The number of hydrogen-bond acceptors (Lipinski definition) is 10. The zero-order valence-corrected chi connectivity index (χ0v) is 24.6. The van der Waals surface area contributed by atoms with Crippen LogP contribution in [-0.4, -0.2) is 66.4 Å². The maximum Gasteiger partial charge on any atom is 0.143 e. The highest BCUT2D eigenvalue weighted by atomic mass is 35.5. The van der Waals surface area contributed by atoms with Crippen molar-refractivity contribution in [1.29, 1.82) is 0 Å². The van der Waals surface area contributed by atoms with Gasteiger partial charge in [0, 0.05) is 30.9 Å². The van der Waals surface area contributed by atoms with Crippen LogP contribution in [-0.2, 0) is 10.3 Å². The van der Waals surface area contributed by atoms with Gasteiger partial charge in [-0.15, -0.1) is 0 Å². The number of halogens is 2. The Kier molecular flexibility index (Phi) is 8.67. The molecule has 12 heteroatoms. The first kappa shape index (κ1) is 29.1. The van der Waals surface area contributed by atoms with Gasteiger partial charge in [0.1, 0.15) is 45.6 Å². The average molecular weight is 599 g/mol. The molecule has 216 valence electrons. The molecule has 10 nitrogen and oxygen atoms in total. The summed E-state index contributed by atoms with van der Waals surface area (Å²) in [6.07, 6.45) is 10.8. The van der Waals surface area contributed by atoms with E-state index < -0.39 is 11.6 Å². The van der Waals surface area contributed by atoms with E-state index in [1.54, 1.807) is 24.4 Å². The Morgan fingerprint density at radius 3 is 2.41 bits per heavy atom. The lowest BCUT2D eigenvalue weighted by Crippen LogP contribution is -2.52. The molecule has 2 aromatic heterocycles. The van der Waals surface area contributed by atoms with Gasteiger partial charge in [-0.2, -0.15) is 0 Å². The minimum absolute atomic E-state index is 0.160. The molecule has 2 atom stereocenters. The Bertz CT molecular complexity index is 1450. The van der Waals surface area contributed by atoms with Crippen LogP contribution in [0.2, 0.25) is 10.0 Å². The maximum absolute atomic E-state index is 6.85. The summed E-state index contributed by atoms with van der Waals surface area (Å²) in [5, 5.41) is 3.79. The molecule has 1 aliphatic carbocycles. The molecule has 0 saturated carbocycles. The molecule has 1 saturated heterocycles. The molecule has 5 rings (SSSR count). The molecule has 0 radical (unpaired) electrons. The van der Waals surface area contributed by atoms with Gasteiger partial charge in [-0.1, -0.05) is 29.3 Å². The Labute approximate surface area is 249 Å². The lowest BCUT2D eigenvalue weighted by Gasteiger charge is -2.35. The van der Waals surface area contributed by atoms with Gasteiger partial charge in [0.2, 0.25) is 0 Å². The normalized spacial score (nSPS) is 21.3. The van der Waals surface area contributed by atoms with Crippen LogP contribution in [0.3, 0.4) is 0 Å². The topological polar surface area (TPSA) is 134 Å². The predicted octanol–water partition coefficient (Wildman–Crippen LogP) is 4.65. The molecule has 41 heavy (non-hydrogen) atoms. The first-order valence-electron chi connectivity index (χ1n) is 13.2. The molecule has 0 bridgehead atoms. The number of aromatic nitrogens is 3. The number of ether oxygens (including phenoxy) is 3. The smallest absolute Gasteiger partial charge is 0.143 e. The third-order valence-corrected chi connectivity index (χ3v) is 8.15. The highest BCUT2D eigenvalue weighted by molar-refractivity contribution is 6.41. The van der Waals surface area contributed by atoms with Gasteiger partial charge >= 0.3 is 0 Å². The highest BCUT2D eigenvalue weighted by Crippen LogP contribution is 2.46. The number of nitrogens with zero attached hydrogens (tertiary/aromatic N) is 4. The van der Waals surface area contributed by atoms with E-state index in [9.17, 15) is 0 Å². The molecule has 0 amide bonds. The van der Waals surface area contributed by atoms with Crippen LogP contribution >= 0.6 is 23.2 Å². The lowest BCUT2D eigenvalue weighted by atomic mass is 9.83. The van der Waals surface area contributed by atoms with Crippen LogP contribution in [0.5, 0.6) is 11.5 Å². The Hall–Kier alpha value is -3.41. The summed E-state index contributed by atoms with van der Waals surface area (Å²) in [5.41, 5.74) is 14.6. The number of anilines is 2. The van der Waals surface area contributed by atoms with Gasteiger partial charge < -0.3 is 35.9 Å². The molecule has 5 N–H and O–H groups in total.